The van der Waals surface area contributed by atoms with Crippen LogP contribution in [-0.2, 0) is 0 Å². The molecule has 2 unspecified atom stereocenters. The van der Waals surface area contributed by atoms with E-state index in [-0.39, 0.29) is 11.8 Å². The Balaban J connectivity index is 1.60. The Hall–Kier alpha value is -3.05. The summed E-state index contributed by atoms with van der Waals surface area (Å²) < 4.78 is 4.96. The lowest BCUT2D eigenvalue weighted by molar-refractivity contribution is 0.217. The smallest absolute Gasteiger partial charge is 0.151 e. The summed E-state index contributed by atoms with van der Waals surface area (Å²) in [7, 11) is 0. The standard InChI is InChI=1S/C20H21N7O/c1-2-27-8-6-12(7-9-27)18-14(10-21)17(15-11-22-24-20(15)23-18)13-4-3-5-16-19(13)26-28-25-16/h3-5,11-12,14,17H,2,6-9H2,1H3,(H,22,24). The molecule has 2 aromatic heterocycles. The number of nitrogens with zero attached hydrogens (tertiary/aromatic N) is 6. The van der Waals surface area contributed by atoms with Crippen LogP contribution < -0.4 is 0 Å². The van der Waals surface area contributed by atoms with Crippen molar-refractivity contribution < 1.29 is 4.63 Å². The van der Waals surface area contributed by atoms with Gasteiger partial charge in [-0.25, -0.2) is 9.62 Å². The van der Waals surface area contributed by atoms with Crippen LogP contribution >= 0.6 is 0 Å². The van der Waals surface area contributed by atoms with Gasteiger partial charge in [0.2, 0.25) is 0 Å². The molecule has 8 nitrogen and oxygen atoms in total. The summed E-state index contributed by atoms with van der Waals surface area (Å²) in [6.45, 7) is 5.34. The predicted octanol–water partition coefficient (Wildman–Crippen LogP) is 3.04. The maximum absolute atomic E-state index is 10.2. The van der Waals surface area contributed by atoms with Crippen molar-refractivity contribution in [1.29, 1.82) is 5.26 Å². The highest BCUT2D eigenvalue weighted by molar-refractivity contribution is 5.97. The van der Waals surface area contributed by atoms with Gasteiger partial charge in [0.05, 0.1) is 18.2 Å². The van der Waals surface area contributed by atoms with Gasteiger partial charge < -0.3 is 4.90 Å². The van der Waals surface area contributed by atoms with Gasteiger partial charge in [-0.15, -0.1) is 0 Å². The lowest BCUT2D eigenvalue weighted by Gasteiger charge is -2.36. The summed E-state index contributed by atoms with van der Waals surface area (Å²) in [4.78, 5) is 7.32. The number of hydrogen-bond acceptors (Lipinski definition) is 7. The highest BCUT2D eigenvalue weighted by Gasteiger charge is 2.40. The van der Waals surface area contributed by atoms with E-state index in [4.69, 9.17) is 9.62 Å². The molecule has 2 atom stereocenters. The minimum Gasteiger partial charge on any atom is -0.304 e. The highest BCUT2D eigenvalue weighted by atomic mass is 16.6. The van der Waals surface area contributed by atoms with Gasteiger partial charge in [-0.3, -0.25) is 5.10 Å². The Morgan fingerprint density at radius 3 is 2.89 bits per heavy atom. The van der Waals surface area contributed by atoms with Gasteiger partial charge in [0, 0.05) is 23.1 Å². The second-order valence-electron chi connectivity index (χ2n) is 7.48. The third-order valence-corrected chi connectivity index (χ3v) is 6.12. The Labute approximate surface area is 162 Å². The van der Waals surface area contributed by atoms with Crippen LogP contribution in [0.4, 0.5) is 5.82 Å². The molecule has 0 radical (unpaired) electrons. The minimum absolute atomic E-state index is 0.189. The predicted molar refractivity (Wildman–Crippen MR) is 103 cm³/mol. The molecule has 1 N–H and O–H groups in total. The van der Waals surface area contributed by atoms with Crippen LogP contribution in [0.2, 0.25) is 0 Å². The summed E-state index contributed by atoms with van der Waals surface area (Å²) in [5.41, 5.74) is 4.22. The van der Waals surface area contributed by atoms with Crippen molar-refractivity contribution in [3.05, 3.63) is 35.5 Å². The highest BCUT2D eigenvalue weighted by Crippen LogP contribution is 2.45. The maximum Gasteiger partial charge on any atom is 0.151 e. The topological polar surface area (TPSA) is 107 Å². The Kier molecular flexibility index (Phi) is 4.17. The van der Waals surface area contributed by atoms with Crippen molar-refractivity contribution in [2.24, 2.45) is 16.8 Å². The fourth-order valence-corrected chi connectivity index (χ4v) is 4.61. The summed E-state index contributed by atoms with van der Waals surface area (Å²) in [5.74, 6) is 0.510. The monoisotopic (exact) mass is 375 g/mol. The molecule has 0 saturated carbocycles. The van der Waals surface area contributed by atoms with Crippen LogP contribution in [0.15, 0.2) is 34.0 Å². The SMILES string of the molecule is CCN1CCC(C2=Nc3[nH]ncc3C(c3cccc4nonc34)C2C#N)CC1. The number of piperidine rings is 1. The van der Waals surface area contributed by atoms with E-state index in [0.717, 1.165) is 55.1 Å². The van der Waals surface area contributed by atoms with Crippen molar-refractivity contribution in [3.8, 4) is 6.07 Å². The molecule has 0 spiro atoms. The number of aromatic amines is 1. The van der Waals surface area contributed by atoms with Crippen LogP contribution in [0.25, 0.3) is 11.0 Å². The van der Waals surface area contributed by atoms with Gasteiger partial charge >= 0.3 is 0 Å². The molecule has 0 amide bonds. The summed E-state index contributed by atoms with van der Waals surface area (Å²) in [5, 5.41) is 25.5. The Morgan fingerprint density at radius 1 is 1.25 bits per heavy atom. The van der Waals surface area contributed by atoms with Gasteiger partial charge in [-0.05, 0) is 54.4 Å². The third kappa shape index (κ3) is 2.62. The number of aliphatic imine (C=N–C) groups is 1. The molecule has 8 heteroatoms. The minimum atomic E-state index is -0.356. The number of H-pyrrole nitrogens is 1. The quantitative estimate of drug-likeness (QED) is 0.754. The molecule has 4 heterocycles. The number of rotatable bonds is 3. The first-order valence-corrected chi connectivity index (χ1v) is 9.75. The van der Waals surface area contributed by atoms with Crippen LogP contribution in [0.5, 0.6) is 0 Å². The van der Waals surface area contributed by atoms with Crippen molar-refractivity contribution in [1.82, 2.24) is 25.4 Å². The van der Waals surface area contributed by atoms with Crippen molar-refractivity contribution in [2.45, 2.75) is 25.7 Å². The van der Waals surface area contributed by atoms with Crippen molar-refractivity contribution in [3.63, 3.8) is 0 Å². The molecular weight excluding hydrogens is 354 g/mol. The van der Waals surface area contributed by atoms with Gasteiger partial charge in [-0.1, -0.05) is 19.1 Å². The number of aromatic nitrogens is 4. The average Bonchev–Trinajstić information content (AvgIpc) is 3.41. The van der Waals surface area contributed by atoms with Crippen LogP contribution in [-0.4, -0.2) is 50.8 Å². The van der Waals surface area contributed by atoms with Crippen LogP contribution in [0.1, 0.15) is 36.8 Å². The molecule has 142 valence electrons. The van der Waals surface area contributed by atoms with E-state index >= 15 is 0 Å². The number of likely N-dealkylation sites (tertiary alicyclic amines) is 1. The zero-order chi connectivity index (χ0) is 19.1. The Morgan fingerprint density at radius 2 is 2.11 bits per heavy atom. The van der Waals surface area contributed by atoms with Gasteiger partial charge in [-0.2, -0.15) is 10.4 Å². The number of benzene rings is 1. The Bertz CT molecular complexity index is 1070. The molecule has 1 saturated heterocycles. The van der Waals surface area contributed by atoms with Crippen molar-refractivity contribution >= 4 is 22.6 Å². The number of fused-ring (bicyclic) bond motifs is 2. The summed E-state index contributed by atoms with van der Waals surface area (Å²) in [6, 6.07) is 8.35. The van der Waals surface area contributed by atoms with E-state index < -0.39 is 0 Å². The third-order valence-electron chi connectivity index (χ3n) is 6.12. The van der Waals surface area contributed by atoms with Crippen LogP contribution in [0.3, 0.4) is 0 Å². The van der Waals surface area contributed by atoms with Gasteiger partial charge in [0.1, 0.15) is 11.0 Å². The van der Waals surface area contributed by atoms with E-state index in [1.165, 1.54) is 0 Å². The summed E-state index contributed by atoms with van der Waals surface area (Å²) >= 11 is 0. The van der Waals surface area contributed by atoms with E-state index in [2.05, 4.69) is 38.4 Å². The van der Waals surface area contributed by atoms with E-state index in [1.807, 2.05) is 18.2 Å². The lowest BCUT2D eigenvalue weighted by Crippen LogP contribution is -2.39. The van der Waals surface area contributed by atoms with E-state index in [0.29, 0.717) is 17.0 Å². The first-order valence-electron chi connectivity index (χ1n) is 9.75. The molecule has 3 aromatic rings. The van der Waals surface area contributed by atoms with Crippen molar-refractivity contribution in [2.75, 3.05) is 19.6 Å². The molecule has 1 aromatic carbocycles. The second kappa shape index (κ2) is 6.84. The van der Waals surface area contributed by atoms with Gasteiger partial charge in [0.25, 0.3) is 0 Å². The largest absolute Gasteiger partial charge is 0.304 e. The van der Waals surface area contributed by atoms with Crippen LogP contribution in [0, 0.1) is 23.2 Å². The van der Waals surface area contributed by atoms with Gasteiger partial charge in [0.15, 0.2) is 5.82 Å². The fraction of sp³-hybridized carbons (Fsp3) is 0.450. The molecular formula is C20H21N7O. The fourth-order valence-electron chi connectivity index (χ4n) is 4.61. The molecule has 28 heavy (non-hydrogen) atoms. The molecule has 0 bridgehead atoms. The first kappa shape index (κ1) is 17.1. The van der Waals surface area contributed by atoms with E-state index in [9.17, 15) is 5.26 Å². The van der Waals surface area contributed by atoms with E-state index in [1.54, 1.807) is 6.20 Å². The molecule has 0 aliphatic carbocycles. The first-order chi connectivity index (χ1) is 13.8. The molecule has 5 rings (SSSR count). The zero-order valence-electron chi connectivity index (χ0n) is 15.7. The average molecular weight is 375 g/mol. The maximum atomic E-state index is 10.2. The summed E-state index contributed by atoms with van der Waals surface area (Å²) in [6.07, 6.45) is 3.82. The molecule has 2 aliphatic rings. The zero-order valence-corrected chi connectivity index (χ0v) is 15.7. The normalized spacial score (nSPS) is 23.4. The lowest BCUT2D eigenvalue weighted by atomic mass is 9.73. The molecule has 2 aliphatic heterocycles. The number of hydrogen-bond donors (Lipinski definition) is 1. The molecule has 1 fully saturated rings. The number of nitrogens with one attached hydrogen (secondary N) is 1. The second-order valence-corrected chi connectivity index (χ2v) is 7.48. The number of nitriles is 1.